The average Bonchev–Trinajstić information content (AvgIpc) is 2.14. The van der Waals surface area contributed by atoms with Gasteiger partial charge in [0.15, 0.2) is 5.41 Å². The molecule has 0 aromatic carbocycles. The zero-order valence-corrected chi connectivity index (χ0v) is 10.6. The SMILES string of the molecule is C=C(CC)C1=NCC(C)[Si](C)(C)C1=O. The van der Waals surface area contributed by atoms with E-state index in [9.17, 15) is 4.79 Å². The van der Waals surface area contributed by atoms with Crippen LogP contribution in [-0.2, 0) is 4.79 Å². The second-order valence-corrected chi connectivity index (χ2v) is 9.48. The number of aliphatic imine (C=N–C) groups is 1. The lowest BCUT2D eigenvalue weighted by Gasteiger charge is -2.32. The third kappa shape index (κ3) is 1.73. The number of allylic oxidation sites excluding steroid dienone is 1. The Labute approximate surface area is 87.1 Å². The smallest absolute Gasteiger partial charge is 0.158 e. The second kappa shape index (κ2) is 3.81. The summed E-state index contributed by atoms with van der Waals surface area (Å²) in [6, 6.07) is 0. The Bertz CT molecular complexity index is 304. The van der Waals surface area contributed by atoms with Crippen molar-refractivity contribution in [1.82, 2.24) is 0 Å². The summed E-state index contributed by atoms with van der Waals surface area (Å²) in [6.07, 6.45) is 0.823. The van der Waals surface area contributed by atoms with Crippen molar-refractivity contribution >= 4 is 19.2 Å². The van der Waals surface area contributed by atoms with Gasteiger partial charge in [-0.25, -0.2) is 0 Å². The van der Waals surface area contributed by atoms with Crippen molar-refractivity contribution in [2.24, 2.45) is 4.99 Å². The van der Waals surface area contributed by atoms with Gasteiger partial charge in [-0.05, 0) is 17.5 Å². The highest BCUT2D eigenvalue weighted by Gasteiger charge is 2.41. The van der Waals surface area contributed by atoms with Gasteiger partial charge in [-0.15, -0.1) is 0 Å². The van der Waals surface area contributed by atoms with E-state index >= 15 is 0 Å². The fourth-order valence-electron chi connectivity index (χ4n) is 1.50. The van der Waals surface area contributed by atoms with E-state index in [4.69, 9.17) is 0 Å². The maximum atomic E-state index is 12.1. The van der Waals surface area contributed by atoms with E-state index in [1.54, 1.807) is 0 Å². The summed E-state index contributed by atoms with van der Waals surface area (Å²) in [7, 11) is -1.77. The van der Waals surface area contributed by atoms with E-state index in [2.05, 4.69) is 31.6 Å². The topological polar surface area (TPSA) is 29.4 Å². The summed E-state index contributed by atoms with van der Waals surface area (Å²) in [4.78, 5) is 16.5. The molecular formula is C11H19NOSi. The summed E-state index contributed by atoms with van der Waals surface area (Å²) in [5, 5.41) is 0.295. The van der Waals surface area contributed by atoms with Crippen molar-refractivity contribution in [1.29, 1.82) is 0 Å². The van der Waals surface area contributed by atoms with Crippen LogP contribution in [0.25, 0.3) is 0 Å². The van der Waals surface area contributed by atoms with Gasteiger partial charge in [-0.1, -0.05) is 33.5 Å². The predicted octanol–water partition coefficient (Wildman–Crippen LogP) is 2.61. The predicted molar refractivity (Wildman–Crippen MR) is 63.6 cm³/mol. The summed E-state index contributed by atoms with van der Waals surface area (Å²) < 4.78 is 0. The fourth-order valence-corrected chi connectivity index (χ4v) is 3.36. The van der Waals surface area contributed by atoms with Gasteiger partial charge in [-0.2, -0.15) is 0 Å². The Balaban J connectivity index is 3.03. The molecule has 0 aliphatic carbocycles. The average molecular weight is 209 g/mol. The maximum Gasteiger partial charge on any atom is 0.158 e. The quantitative estimate of drug-likeness (QED) is 0.643. The van der Waals surface area contributed by atoms with Crippen molar-refractivity contribution in [2.75, 3.05) is 6.54 Å². The number of nitrogens with zero attached hydrogens (tertiary/aromatic N) is 1. The van der Waals surface area contributed by atoms with Crippen LogP contribution in [0.4, 0.5) is 0 Å². The standard InChI is InChI=1S/C11H19NOSi/c1-6-8(2)10-11(13)14(4,5)9(3)7-12-10/h9H,2,6-7H2,1,3-5H3. The molecule has 0 spiro atoms. The van der Waals surface area contributed by atoms with E-state index in [0.717, 1.165) is 18.5 Å². The highest BCUT2D eigenvalue weighted by atomic mass is 28.3. The second-order valence-electron chi connectivity index (χ2n) is 4.60. The molecule has 0 N–H and O–H groups in total. The Kier molecular flexibility index (Phi) is 3.09. The third-order valence-corrected chi connectivity index (χ3v) is 7.37. The lowest BCUT2D eigenvalue weighted by atomic mass is 10.1. The molecule has 0 aromatic rings. The summed E-state index contributed by atoms with van der Waals surface area (Å²) in [6.45, 7) is 13.1. The Hall–Kier alpha value is -0.703. The number of hydrogen-bond donors (Lipinski definition) is 0. The molecule has 0 fully saturated rings. The minimum atomic E-state index is -1.77. The van der Waals surface area contributed by atoms with Crippen LogP contribution in [0.1, 0.15) is 20.3 Å². The molecule has 0 saturated carbocycles. The van der Waals surface area contributed by atoms with Crippen molar-refractivity contribution in [3.63, 3.8) is 0 Å². The molecule has 1 unspecified atom stereocenters. The van der Waals surface area contributed by atoms with Gasteiger partial charge in [-0.3, -0.25) is 9.79 Å². The first kappa shape index (κ1) is 11.4. The minimum Gasteiger partial charge on any atom is -0.298 e. The minimum absolute atomic E-state index is 0.295. The Morgan fingerprint density at radius 3 is 2.71 bits per heavy atom. The number of hydrogen-bond acceptors (Lipinski definition) is 2. The van der Waals surface area contributed by atoms with E-state index in [1.807, 2.05) is 6.92 Å². The van der Waals surface area contributed by atoms with E-state index in [0.29, 0.717) is 16.7 Å². The first-order valence-electron chi connectivity index (χ1n) is 5.18. The van der Waals surface area contributed by atoms with Gasteiger partial charge in [0.2, 0.25) is 0 Å². The molecule has 0 amide bonds. The molecule has 0 aromatic heterocycles. The molecule has 0 bridgehead atoms. The first-order valence-corrected chi connectivity index (χ1v) is 8.26. The van der Waals surface area contributed by atoms with Crippen LogP contribution in [0.5, 0.6) is 0 Å². The normalized spacial score (nSPS) is 25.9. The van der Waals surface area contributed by atoms with Crippen LogP contribution in [0, 0.1) is 0 Å². The van der Waals surface area contributed by atoms with Crippen LogP contribution in [-0.4, -0.2) is 25.7 Å². The summed E-state index contributed by atoms with van der Waals surface area (Å²) in [5.41, 5.74) is 2.05. The molecule has 3 heteroatoms. The van der Waals surface area contributed by atoms with Gasteiger partial charge < -0.3 is 0 Å². The fraction of sp³-hybridized carbons (Fsp3) is 0.636. The van der Waals surface area contributed by atoms with Crippen molar-refractivity contribution in [3.8, 4) is 0 Å². The largest absolute Gasteiger partial charge is 0.298 e. The monoisotopic (exact) mass is 209 g/mol. The summed E-state index contributed by atoms with van der Waals surface area (Å²) >= 11 is 0. The van der Waals surface area contributed by atoms with Crippen molar-refractivity contribution in [2.45, 2.75) is 38.9 Å². The lowest BCUT2D eigenvalue weighted by Crippen LogP contribution is -2.50. The molecule has 1 rings (SSSR count). The van der Waals surface area contributed by atoms with Gasteiger partial charge in [0.1, 0.15) is 8.07 Å². The summed E-state index contributed by atoms with van der Waals surface area (Å²) in [5.74, 6) is 0. The molecular weight excluding hydrogens is 190 g/mol. The van der Waals surface area contributed by atoms with E-state index in [1.165, 1.54) is 0 Å². The molecule has 2 nitrogen and oxygen atoms in total. The molecule has 0 radical (unpaired) electrons. The molecule has 1 aliphatic heterocycles. The number of carbonyl (C=O) groups is 1. The van der Waals surface area contributed by atoms with Crippen LogP contribution < -0.4 is 0 Å². The molecule has 1 aliphatic rings. The number of rotatable bonds is 2. The molecule has 14 heavy (non-hydrogen) atoms. The zero-order valence-electron chi connectivity index (χ0n) is 9.55. The number of carbonyl (C=O) groups excluding carboxylic acids is 1. The van der Waals surface area contributed by atoms with Gasteiger partial charge in [0.05, 0.1) is 5.71 Å². The van der Waals surface area contributed by atoms with E-state index in [-0.39, 0.29) is 0 Å². The third-order valence-electron chi connectivity index (χ3n) is 3.32. The molecule has 0 saturated heterocycles. The van der Waals surface area contributed by atoms with E-state index < -0.39 is 8.07 Å². The Morgan fingerprint density at radius 2 is 2.21 bits per heavy atom. The van der Waals surface area contributed by atoms with Crippen molar-refractivity contribution < 1.29 is 4.79 Å². The molecule has 1 heterocycles. The Morgan fingerprint density at radius 1 is 1.64 bits per heavy atom. The van der Waals surface area contributed by atoms with Crippen LogP contribution >= 0.6 is 0 Å². The van der Waals surface area contributed by atoms with Gasteiger partial charge in [0.25, 0.3) is 0 Å². The van der Waals surface area contributed by atoms with Crippen molar-refractivity contribution in [3.05, 3.63) is 12.2 Å². The van der Waals surface area contributed by atoms with Gasteiger partial charge in [0, 0.05) is 6.54 Å². The highest BCUT2D eigenvalue weighted by Crippen LogP contribution is 2.28. The van der Waals surface area contributed by atoms with Crippen LogP contribution in [0.15, 0.2) is 17.1 Å². The van der Waals surface area contributed by atoms with Crippen LogP contribution in [0.2, 0.25) is 18.6 Å². The highest BCUT2D eigenvalue weighted by molar-refractivity contribution is 7.14. The molecule has 1 atom stereocenters. The zero-order chi connectivity index (χ0) is 10.9. The van der Waals surface area contributed by atoms with Crippen LogP contribution in [0.3, 0.4) is 0 Å². The lowest BCUT2D eigenvalue weighted by molar-refractivity contribution is -0.107. The first-order chi connectivity index (χ1) is 6.41. The van der Waals surface area contributed by atoms with Gasteiger partial charge >= 0.3 is 0 Å². The maximum absolute atomic E-state index is 12.1. The molecule has 78 valence electrons.